The molecular formula is C48H46N4O5S. The molecule has 10 heteroatoms. The zero-order chi connectivity index (χ0) is 41.0. The Hall–Kier alpha value is -6.49. The van der Waals surface area contributed by atoms with Gasteiger partial charge in [-0.25, -0.2) is 4.79 Å². The normalized spacial score (nSPS) is 13.0. The largest absolute Gasteiger partial charge is 0.480 e. The Morgan fingerprint density at radius 3 is 1.19 bits per heavy atom. The van der Waals surface area contributed by atoms with Gasteiger partial charge in [-0.2, -0.15) is 0 Å². The fourth-order valence-electron chi connectivity index (χ4n) is 7.16. The second kappa shape index (κ2) is 19.1. The van der Waals surface area contributed by atoms with Crippen LogP contribution in [0.25, 0.3) is 0 Å². The standard InChI is InChI=1S/C48H46N4O5S/c1-34(49)44(54)50-41(32-43(53)52-47(35-20-8-2-9-21-35,36-22-10-3-11-23-36)37-24-12-4-13-25-37)45(55)51-42(46(56)57)33-58-48(38-26-14-5-15-27-38,39-28-16-6-17-29-39)40-30-18-7-19-31-40/h2-31,34,41-42H,32-33,49H2,1H3,(H,50,54)(H,51,55)(H,52,53)(H,56,57)/t34-,41-,42-/m0/s1. The summed E-state index contributed by atoms with van der Waals surface area (Å²) >= 11 is 1.37. The lowest BCUT2D eigenvalue weighted by Crippen LogP contribution is -2.57. The first-order valence-corrected chi connectivity index (χ1v) is 20.0. The zero-order valence-corrected chi connectivity index (χ0v) is 32.8. The molecule has 0 aliphatic carbocycles. The average Bonchev–Trinajstić information content (AvgIpc) is 3.27. The molecular weight excluding hydrogens is 745 g/mol. The Morgan fingerprint density at radius 1 is 0.534 bits per heavy atom. The van der Waals surface area contributed by atoms with Crippen molar-refractivity contribution in [3.8, 4) is 0 Å². The number of amides is 3. The molecule has 58 heavy (non-hydrogen) atoms. The van der Waals surface area contributed by atoms with Crippen molar-refractivity contribution in [1.82, 2.24) is 16.0 Å². The number of nitrogens with one attached hydrogen (secondary N) is 3. The fourth-order valence-corrected chi connectivity index (χ4v) is 8.71. The van der Waals surface area contributed by atoms with Crippen molar-refractivity contribution in [1.29, 1.82) is 0 Å². The van der Waals surface area contributed by atoms with Crippen LogP contribution in [0.4, 0.5) is 0 Å². The molecule has 0 heterocycles. The molecule has 6 rings (SSSR count). The second-order valence-corrected chi connectivity index (χ2v) is 15.2. The van der Waals surface area contributed by atoms with Crippen LogP contribution in [0.1, 0.15) is 46.7 Å². The maximum absolute atomic E-state index is 14.4. The van der Waals surface area contributed by atoms with Crippen molar-refractivity contribution in [3.05, 3.63) is 215 Å². The summed E-state index contributed by atoms with van der Waals surface area (Å²) in [5.41, 5.74) is 9.79. The minimum Gasteiger partial charge on any atom is -0.480 e. The summed E-state index contributed by atoms with van der Waals surface area (Å²) in [6.45, 7) is 1.46. The van der Waals surface area contributed by atoms with Crippen molar-refractivity contribution in [2.75, 3.05) is 5.75 Å². The van der Waals surface area contributed by atoms with Gasteiger partial charge in [-0.05, 0) is 40.3 Å². The van der Waals surface area contributed by atoms with Crippen LogP contribution < -0.4 is 21.7 Å². The highest BCUT2D eigenvalue weighted by Crippen LogP contribution is 2.48. The molecule has 0 saturated heterocycles. The number of carbonyl (C=O) groups is 4. The lowest BCUT2D eigenvalue weighted by molar-refractivity contribution is -0.141. The SMILES string of the molecule is C[C@H](N)C(=O)N[C@@H](CC(=O)NC(c1ccccc1)(c1ccccc1)c1ccccc1)C(=O)N[C@@H](CSC(c1ccccc1)(c1ccccc1)c1ccccc1)C(=O)O. The summed E-state index contributed by atoms with van der Waals surface area (Å²) < 4.78 is -0.861. The monoisotopic (exact) mass is 790 g/mol. The molecule has 0 unspecified atom stereocenters. The lowest BCUT2D eigenvalue weighted by atomic mass is 9.77. The van der Waals surface area contributed by atoms with Crippen LogP contribution in [0.3, 0.4) is 0 Å². The van der Waals surface area contributed by atoms with Gasteiger partial charge in [0.2, 0.25) is 17.7 Å². The Bertz CT molecular complexity index is 2070. The number of hydrogen-bond donors (Lipinski definition) is 5. The summed E-state index contributed by atoms with van der Waals surface area (Å²) in [5.74, 6) is -3.43. The van der Waals surface area contributed by atoms with Crippen LogP contribution in [0, 0.1) is 0 Å². The van der Waals surface area contributed by atoms with Crippen molar-refractivity contribution in [2.24, 2.45) is 5.73 Å². The molecule has 0 aliphatic rings. The van der Waals surface area contributed by atoms with E-state index in [9.17, 15) is 24.3 Å². The predicted octanol–water partition coefficient (Wildman–Crippen LogP) is 6.61. The summed E-state index contributed by atoms with van der Waals surface area (Å²) in [6, 6.07) is 53.9. The van der Waals surface area contributed by atoms with E-state index < -0.39 is 58.5 Å². The molecule has 0 spiro atoms. The smallest absolute Gasteiger partial charge is 0.327 e. The summed E-state index contributed by atoms with van der Waals surface area (Å²) in [4.78, 5) is 54.7. The van der Waals surface area contributed by atoms with Gasteiger partial charge < -0.3 is 26.8 Å². The molecule has 9 nitrogen and oxygen atoms in total. The van der Waals surface area contributed by atoms with E-state index in [1.54, 1.807) is 0 Å². The van der Waals surface area contributed by atoms with E-state index in [0.29, 0.717) is 0 Å². The molecule has 0 aromatic heterocycles. The van der Waals surface area contributed by atoms with E-state index in [2.05, 4.69) is 16.0 Å². The number of carbonyl (C=O) groups excluding carboxylic acids is 3. The number of nitrogens with two attached hydrogens (primary N) is 1. The first-order valence-electron chi connectivity index (χ1n) is 19.0. The van der Waals surface area contributed by atoms with Gasteiger partial charge in [-0.3, -0.25) is 14.4 Å². The number of thioether (sulfide) groups is 1. The zero-order valence-electron chi connectivity index (χ0n) is 32.0. The van der Waals surface area contributed by atoms with Gasteiger partial charge in [0.15, 0.2) is 0 Å². The predicted molar refractivity (Wildman–Crippen MR) is 229 cm³/mol. The first-order chi connectivity index (χ1) is 28.1. The number of carboxylic acid groups (broad SMARTS) is 1. The van der Waals surface area contributed by atoms with E-state index in [4.69, 9.17) is 5.73 Å². The Labute approximate surface area is 343 Å². The van der Waals surface area contributed by atoms with Crippen LogP contribution in [0.15, 0.2) is 182 Å². The van der Waals surface area contributed by atoms with Gasteiger partial charge in [-0.15, -0.1) is 11.8 Å². The molecule has 6 N–H and O–H groups in total. The van der Waals surface area contributed by atoms with Crippen LogP contribution in [0.2, 0.25) is 0 Å². The van der Waals surface area contributed by atoms with Crippen LogP contribution in [-0.2, 0) is 29.5 Å². The van der Waals surface area contributed by atoms with Gasteiger partial charge in [0, 0.05) is 5.75 Å². The minimum absolute atomic E-state index is 0.0704. The van der Waals surface area contributed by atoms with Crippen molar-refractivity contribution < 1.29 is 24.3 Å². The van der Waals surface area contributed by atoms with Crippen molar-refractivity contribution >= 4 is 35.5 Å². The number of carboxylic acids is 1. The highest BCUT2D eigenvalue weighted by molar-refractivity contribution is 8.00. The van der Waals surface area contributed by atoms with E-state index in [1.165, 1.54) is 18.7 Å². The summed E-state index contributed by atoms with van der Waals surface area (Å²) in [6.07, 6.45) is -0.514. The minimum atomic E-state index is -1.47. The lowest BCUT2D eigenvalue weighted by Gasteiger charge is -2.37. The van der Waals surface area contributed by atoms with Gasteiger partial charge in [-0.1, -0.05) is 182 Å². The third kappa shape index (κ3) is 9.20. The van der Waals surface area contributed by atoms with E-state index in [-0.39, 0.29) is 5.75 Å². The highest BCUT2D eigenvalue weighted by Gasteiger charge is 2.41. The molecule has 0 bridgehead atoms. The Balaban J connectivity index is 1.32. The molecule has 0 radical (unpaired) electrons. The second-order valence-electron chi connectivity index (χ2n) is 13.9. The van der Waals surface area contributed by atoms with Crippen molar-refractivity contribution in [2.45, 2.75) is 41.8 Å². The highest BCUT2D eigenvalue weighted by atomic mass is 32.2. The van der Waals surface area contributed by atoms with Gasteiger partial charge >= 0.3 is 5.97 Å². The molecule has 6 aromatic carbocycles. The van der Waals surface area contributed by atoms with E-state index in [1.807, 2.05) is 182 Å². The van der Waals surface area contributed by atoms with E-state index in [0.717, 1.165) is 33.4 Å². The molecule has 294 valence electrons. The topological polar surface area (TPSA) is 151 Å². The van der Waals surface area contributed by atoms with Gasteiger partial charge in [0.05, 0.1) is 17.2 Å². The van der Waals surface area contributed by atoms with Crippen molar-refractivity contribution in [3.63, 3.8) is 0 Å². The molecule has 3 atom stereocenters. The molecule has 3 amide bonds. The quantitative estimate of drug-likeness (QED) is 0.0653. The third-order valence-corrected chi connectivity index (χ3v) is 11.6. The number of benzene rings is 6. The van der Waals surface area contributed by atoms with Gasteiger partial charge in [0.25, 0.3) is 0 Å². The Morgan fingerprint density at radius 2 is 0.862 bits per heavy atom. The maximum atomic E-state index is 14.4. The fraction of sp³-hybridized carbons (Fsp3) is 0.167. The van der Waals surface area contributed by atoms with Crippen LogP contribution in [-0.4, -0.2) is 52.7 Å². The van der Waals surface area contributed by atoms with Crippen LogP contribution >= 0.6 is 11.8 Å². The summed E-state index contributed by atoms with van der Waals surface area (Å²) in [7, 11) is 0. The number of aliphatic carboxylic acids is 1. The Kier molecular flexibility index (Phi) is 13.6. The van der Waals surface area contributed by atoms with Crippen LogP contribution in [0.5, 0.6) is 0 Å². The first kappa shape index (κ1) is 41.2. The molecule has 0 saturated carbocycles. The molecule has 6 aromatic rings. The maximum Gasteiger partial charge on any atom is 0.327 e. The van der Waals surface area contributed by atoms with E-state index >= 15 is 0 Å². The number of rotatable bonds is 17. The molecule has 0 fully saturated rings. The van der Waals surface area contributed by atoms with Gasteiger partial charge in [0.1, 0.15) is 17.6 Å². The average molecular weight is 791 g/mol. The molecule has 0 aliphatic heterocycles. The summed E-state index contributed by atoms with van der Waals surface area (Å²) in [5, 5.41) is 19.1. The third-order valence-electron chi connectivity index (χ3n) is 10.0. The number of hydrogen-bond acceptors (Lipinski definition) is 6.